The highest BCUT2D eigenvalue weighted by atomic mass is 32.2. The zero-order valence-electron chi connectivity index (χ0n) is 13.8. The SMILES string of the molecule is Cc1ocnc1CS(=O)(=O)c1ccc(CCN2CCOCC2)cc1. The first kappa shape index (κ1) is 17.1. The number of rotatable bonds is 6. The van der Waals surface area contributed by atoms with E-state index in [0.717, 1.165) is 44.8 Å². The van der Waals surface area contributed by atoms with Crippen LogP contribution in [0.3, 0.4) is 0 Å². The van der Waals surface area contributed by atoms with Gasteiger partial charge in [-0.15, -0.1) is 0 Å². The molecule has 0 unspecified atom stereocenters. The van der Waals surface area contributed by atoms with E-state index in [2.05, 4.69) is 9.88 Å². The van der Waals surface area contributed by atoms with Gasteiger partial charge in [-0.2, -0.15) is 0 Å². The number of hydrogen-bond acceptors (Lipinski definition) is 6. The first-order valence-corrected chi connectivity index (χ1v) is 9.70. The van der Waals surface area contributed by atoms with Gasteiger partial charge in [-0.1, -0.05) is 12.1 Å². The summed E-state index contributed by atoms with van der Waals surface area (Å²) in [4.78, 5) is 6.65. The van der Waals surface area contributed by atoms with Gasteiger partial charge in [0.05, 0.1) is 23.8 Å². The molecule has 0 N–H and O–H groups in total. The van der Waals surface area contributed by atoms with E-state index in [0.29, 0.717) is 16.3 Å². The molecule has 2 heterocycles. The number of aromatic nitrogens is 1. The van der Waals surface area contributed by atoms with Crippen molar-refractivity contribution in [2.24, 2.45) is 0 Å². The molecule has 0 radical (unpaired) electrons. The Kier molecular flexibility index (Phi) is 5.33. The molecule has 7 heteroatoms. The minimum Gasteiger partial charge on any atom is -0.448 e. The molecule has 130 valence electrons. The van der Waals surface area contributed by atoms with Crippen LogP contribution in [0.4, 0.5) is 0 Å². The van der Waals surface area contributed by atoms with E-state index < -0.39 is 9.84 Å². The maximum atomic E-state index is 12.5. The number of nitrogens with zero attached hydrogens (tertiary/aromatic N) is 2. The molecule has 1 aromatic carbocycles. The third kappa shape index (κ3) is 4.23. The molecule has 0 atom stereocenters. The summed E-state index contributed by atoms with van der Waals surface area (Å²) in [6.45, 7) is 6.19. The lowest BCUT2D eigenvalue weighted by atomic mass is 10.1. The fourth-order valence-electron chi connectivity index (χ4n) is 2.71. The van der Waals surface area contributed by atoms with E-state index in [-0.39, 0.29) is 5.75 Å². The van der Waals surface area contributed by atoms with Crippen LogP contribution in [0.1, 0.15) is 17.0 Å². The van der Waals surface area contributed by atoms with Gasteiger partial charge in [-0.3, -0.25) is 4.90 Å². The van der Waals surface area contributed by atoms with Crippen LogP contribution in [0.5, 0.6) is 0 Å². The van der Waals surface area contributed by atoms with Gasteiger partial charge in [0, 0.05) is 19.6 Å². The molecule has 1 aliphatic rings. The maximum Gasteiger partial charge on any atom is 0.184 e. The number of morpholine rings is 1. The van der Waals surface area contributed by atoms with Gasteiger partial charge >= 0.3 is 0 Å². The van der Waals surface area contributed by atoms with E-state index in [1.165, 1.54) is 6.39 Å². The molecule has 0 aliphatic carbocycles. The van der Waals surface area contributed by atoms with Crippen molar-refractivity contribution < 1.29 is 17.6 Å². The van der Waals surface area contributed by atoms with Gasteiger partial charge in [0.1, 0.15) is 11.5 Å². The third-order valence-corrected chi connectivity index (χ3v) is 5.92. The first-order valence-electron chi connectivity index (χ1n) is 8.05. The van der Waals surface area contributed by atoms with Gasteiger partial charge in [0.25, 0.3) is 0 Å². The Labute approximate surface area is 142 Å². The Morgan fingerprint density at radius 3 is 2.50 bits per heavy atom. The summed E-state index contributed by atoms with van der Waals surface area (Å²) in [6, 6.07) is 7.14. The summed E-state index contributed by atoms with van der Waals surface area (Å²) in [5, 5.41) is 0. The fourth-order valence-corrected chi connectivity index (χ4v) is 4.06. The highest BCUT2D eigenvalue weighted by Crippen LogP contribution is 2.18. The highest BCUT2D eigenvalue weighted by Gasteiger charge is 2.19. The minimum atomic E-state index is -3.41. The summed E-state index contributed by atoms with van der Waals surface area (Å²) in [6.07, 6.45) is 2.18. The molecule has 1 aliphatic heterocycles. The lowest BCUT2D eigenvalue weighted by Crippen LogP contribution is -2.37. The zero-order valence-corrected chi connectivity index (χ0v) is 14.6. The zero-order chi connectivity index (χ0) is 17.0. The molecule has 0 saturated carbocycles. The van der Waals surface area contributed by atoms with Crippen molar-refractivity contribution in [2.45, 2.75) is 24.0 Å². The van der Waals surface area contributed by atoms with Crippen LogP contribution < -0.4 is 0 Å². The van der Waals surface area contributed by atoms with E-state index in [1.54, 1.807) is 19.1 Å². The van der Waals surface area contributed by atoms with Gasteiger partial charge < -0.3 is 9.15 Å². The predicted molar refractivity (Wildman–Crippen MR) is 89.5 cm³/mol. The van der Waals surface area contributed by atoms with E-state index in [4.69, 9.17) is 9.15 Å². The molecule has 0 bridgehead atoms. The average molecular weight is 350 g/mol. The number of sulfone groups is 1. The second kappa shape index (κ2) is 7.46. The second-order valence-corrected chi connectivity index (χ2v) is 7.95. The molecule has 3 rings (SSSR count). The van der Waals surface area contributed by atoms with Crippen LogP contribution in [-0.2, 0) is 26.7 Å². The van der Waals surface area contributed by atoms with Crippen molar-refractivity contribution in [3.63, 3.8) is 0 Å². The molecule has 0 amide bonds. The molecular formula is C17H22N2O4S. The second-order valence-electron chi connectivity index (χ2n) is 5.96. The van der Waals surface area contributed by atoms with Gasteiger partial charge in [-0.25, -0.2) is 13.4 Å². The molecule has 1 aromatic heterocycles. The summed E-state index contributed by atoms with van der Waals surface area (Å²) >= 11 is 0. The fraction of sp³-hybridized carbons (Fsp3) is 0.471. The van der Waals surface area contributed by atoms with Crippen molar-refractivity contribution in [1.82, 2.24) is 9.88 Å². The van der Waals surface area contributed by atoms with Crippen LogP contribution in [0.25, 0.3) is 0 Å². The standard InChI is InChI=1S/C17H22N2O4S/c1-14-17(18-13-23-14)12-24(20,21)16-4-2-15(3-5-16)6-7-19-8-10-22-11-9-19/h2-5,13H,6-12H2,1H3. The van der Waals surface area contributed by atoms with Crippen LogP contribution in [0.2, 0.25) is 0 Å². The molecule has 1 saturated heterocycles. The van der Waals surface area contributed by atoms with Crippen molar-refractivity contribution in [1.29, 1.82) is 0 Å². The Morgan fingerprint density at radius 2 is 1.88 bits per heavy atom. The van der Waals surface area contributed by atoms with Gasteiger partial charge in [0.15, 0.2) is 16.2 Å². The normalized spacial score (nSPS) is 16.4. The lowest BCUT2D eigenvalue weighted by molar-refractivity contribution is 0.0384. The topological polar surface area (TPSA) is 72.6 Å². The van der Waals surface area contributed by atoms with E-state index >= 15 is 0 Å². The summed E-state index contributed by atoms with van der Waals surface area (Å²) in [5.74, 6) is 0.406. The Bertz CT molecular complexity index is 762. The largest absolute Gasteiger partial charge is 0.448 e. The molecule has 2 aromatic rings. The summed E-state index contributed by atoms with van der Waals surface area (Å²) in [7, 11) is -3.41. The van der Waals surface area contributed by atoms with Crippen LogP contribution >= 0.6 is 0 Å². The van der Waals surface area contributed by atoms with Crippen LogP contribution in [-0.4, -0.2) is 51.1 Å². The molecule has 0 spiro atoms. The average Bonchev–Trinajstić information content (AvgIpc) is 2.98. The number of aryl methyl sites for hydroxylation is 1. The molecule has 1 fully saturated rings. The highest BCUT2D eigenvalue weighted by molar-refractivity contribution is 7.90. The van der Waals surface area contributed by atoms with Crippen molar-refractivity contribution in [3.05, 3.63) is 47.7 Å². The number of benzene rings is 1. The lowest BCUT2D eigenvalue weighted by Gasteiger charge is -2.26. The number of hydrogen-bond donors (Lipinski definition) is 0. The molecule has 24 heavy (non-hydrogen) atoms. The quantitative estimate of drug-likeness (QED) is 0.791. The smallest absolute Gasteiger partial charge is 0.184 e. The van der Waals surface area contributed by atoms with Crippen molar-refractivity contribution >= 4 is 9.84 Å². The molecular weight excluding hydrogens is 328 g/mol. The van der Waals surface area contributed by atoms with Crippen molar-refractivity contribution in [3.8, 4) is 0 Å². The Hall–Kier alpha value is -1.70. The first-order chi connectivity index (χ1) is 11.5. The van der Waals surface area contributed by atoms with E-state index in [9.17, 15) is 8.42 Å². The van der Waals surface area contributed by atoms with Gasteiger partial charge in [0.2, 0.25) is 0 Å². The van der Waals surface area contributed by atoms with Crippen LogP contribution in [0, 0.1) is 6.92 Å². The number of ether oxygens (including phenoxy) is 1. The van der Waals surface area contributed by atoms with Gasteiger partial charge in [-0.05, 0) is 31.0 Å². The Balaban J connectivity index is 1.61. The predicted octanol–water partition coefficient (Wildman–Crippen LogP) is 1.83. The van der Waals surface area contributed by atoms with Crippen LogP contribution in [0.15, 0.2) is 40.0 Å². The summed E-state index contributed by atoms with van der Waals surface area (Å²) < 4.78 is 35.3. The summed E-state index contributed by atoms with van der Waals surface area (Å²) in [5.41, 5.74) is 1.60. The van der Waals surface area contributed by atoms with Crippen molar-refractivity contribution in [2.75, 3.05) is 32.8 Å². The Morgan fingerprint density at radius 1 is 1.17 bits per heavy atom. The minimum absolute atomic E-state index is 0.136. The maximum absolute atomic E-state index is 12.5. The molecule has 6 nitrogen and oxygen atoms in total. The monoisotopic (exact) mass is 350 g/mol. The number of oxazole rings is 1. The third-order valence-electron chi connectivity index (χ3n) is 4.27. The van der Waals surface area contributed by atoms with E-state index in [1.807, 2.05) is 12.1 Å².